The zero-order chi connectivity index (χ0) is 16.6. The predicted octanol–water partition coefficient (Wildman–Crippen LogP) is 1.93. The molecule has 0 aromatic heterocycles. The van der Waals surface area contributed by atoms with Crippen molar-refractivity contribution in [3.05, 3.63) is 35.9 Å². The van der Waals surface area contributed by atoms with Gasteiger partial charge in [0.25, 0.3) is 0 Å². The summed E-state index contributed by atoms with van der Waals surface area (Å²) in [5.41, 5.74) is 0.157. The number of carbonyl (C=O) groups excluding carboxylic acids is 2. The zero-order valence-corrected chi connectivity index (χ0v) is 13.1. The number of alkyl carbamates (subject to hydrolysis) is 1. The van der Waals surface area contributed by atoms with Gasteiger partial charge in [-0.05, 0) is 26.3 Å². The van der Waals surface area contributed by atoms with Crippen LogP contribution in [0.2, 0.25) is 0 Å². The van der Waals surface area contributed by atoms with Crippen LogP contribution < -0.4 is 10.6 Å². The molecule has 0 saturated carbocycles. The van der Waals surface area contributed by atoms with Gasteiger partial charge in [0.15, 0.2) is 0 Å². The van der Waals surface area contributed by atoms with E-state index in [2.05, 4.69) is 10.6 Å². The van der Waals surface area contributed by atoms with Crippen LogP contribution in [-0.2, 0) is 9.53 Å². The van der Waals surface area contributed by atoms with Crippen molar-refractivity contribution in [1.82, 2.24) is 10.6 Å². The summed E-state index contributed by atoms with van der Waals surface area (Å²) in [5, 5.41) is 13.7. The Labute approximate surface area is 130 Å². The Morgan fingerprint density at radius 3 is 2.41 bits per heavy atom. The molecule has 22 heavy (non-hydrogen) atoms. The van der Waals surface area contributed by atoms with Crippen LogP contribution in [0.3, 0.4) is 0 Å². The van der Waals surface area contributed by atoms with Gasteiger partial charge in [-0.25, -0.2) is 4.79 Å². The molecule has 0 aliphatic rings. The van der Waals surface area contributed by atoms with Crippen LogP contribution >= 0.6 is 0 Å². The van der Waals surface area contributed by atoms with Gasteiger partial charge in [0.2, 0.25) is 5.91 Å². The lowest BCUT2D eigenvalue weighted by Crippen LogP contribution is -2.39. The molecule has 0 radical (unpaired) electrons. The molecule has 0 spiro atoms. The Balaban J connectivity index is 2.73. The molecule has 1 rings (SSSR count). The van der Waals surface area contributed by atoms with Gasteiger partial charge >= 0.3 is 6.09 Å². The average molecular weight is 303 g/mol. The highest BCUT2D eigenvalue weighted by atomic mass is 16.6. The number of rotatable bonds is 5. The Bertz CT molecular complexity index is 544. The zero-order valence-electron chi connectivity index (χ0n) is 13.1. The molecule has 6 heteroatoms. The number of ether oxygens (including phenoxy) is 1. The van der Waals surface area contributed by atoms with E-state index >= 15 is 0 Å². The second-order valence-corrected chi connectivity index (χ2v) is 5.72. The fourth-order valence-electron chi connectivity index (χ4n) is 1.80. The van der Waals surface area contributed by atoms with Crippen LogP contribution in [0, 0.1) is 11.3 Å². The van der Waals surface area contributed by atoms with E-state index in [4.69, 9.17) is 10.00 Å². The van der Waals surface area contributed by atoms with E-state index in [1.807, 2.05) is 24.3 Å². The molecule has 6 nitrogen and oxygen atoms in total. The van der Waals surface area contributed by atoms with Gasteiger partial charge in [0.1, 0.15) is 12.1 Å². The number of nitrogens with zero attached hydrogens (tertiary/aromatic N) is 1. The van der Waals surface area contributed by atoms with E-state index in [0.29, 0.717) is 0 Å². The molecule has 1 atom stereocenters. The Morgan fingerprint density at radius 1 is 1.23 bits per heavy atom. The van der Waals surface area contributed by atoms with Crippen LogP contribution in [0.5, 0.6) is 0 Å². The maximum absolute atomic E-state index is 12.1. The highest BCUT2D eigenvalue weighted by Crippen LogP contribution is 2.15. The average Bonchev–Trinajstić information content (AvgIpc) is 2.44. The molecular weight excluding hydrogens is 282 g/mol. The number of amides is 2. The van der Waals surface area contributed by atoms with E-state index in [0.717, 1.165) is 5.56 Å². The molecule has 1 aromatic rings. The second kappa shape index (κ2) is 8.03. The molecule has 2 amide bonds. The molecule has 1 unspecified atom stereocenters. The van der Waals surface area contributed by atoms with Crippen molar-refractivity contribution < 1.29 is 14.3 Å². The standard InChI is InChI=1S/C16H21N3O3/c1-16(2,3)22-15(21)19-11-13(14(20)18-10-9-17)12-7-5-4-6-8-12/h4-8,13H,10-11H2,1-3H3,(H,18,20)(H,19,21). The Hall–Kier alpha value is -2.55. The number of benzene rings is 1. The van der Waals surface area contributed by atoms with Crippen molar-refractivity contribution in [2.45, 2.75) is 32.3 Å². The number of hydrogen-bond acceptors (Lipinski definition) is 4. The molecule has 118 valence electrons. The summed E-state index contributed by atoms with van der Waals surface area (Å²) in [6.07, 6.45) is -0.582. The van der Waals surface area contributed by atoms with E-state index in [-0.39, 0.29) is 19.0 Å². The highest BCUT2D eigenvalue weighted by Gasteiger charge is 2.22. The molecule has 0 aliphatic carbocycles. The molecular formula is C16H21N3O3. The van der Waals surface area contributed by atoms with Gasteiger partial charge in [0.05, 0.1) is 12.0 Å². The van der Waals surface area contributed by atoms with Gasteiger partial charge in [-0.3, -0.25) is 4.79 Å². The van der Waals surface area contributed by atoms with Crippen molar-refractivity contribution in [2.24, 2.45) is 0 Å². The first-order valence-corrected chi connectivity index (χ1v) is 7.00. The van der Waals surface area contributed by atoms with Crippen molar-refractivity contribution in [3.63, 3.8) is 0 Å². The van der Waals surface area contributed by atoms with E-state index in [1.54, 1.807) is 32.9 Å². The number of nitrogens with one attached hydrogen (secondary N) is 2. The van der Waals surface area contributed by atoms with Crippen LogP contribution in [0.4, 0.5) is 4.79 Å². The molecule has 0 heterocycles. The van der Waals surface area contributed by atoms with Crippen LogP contribution in [0.25, 0.3) is 0 Å². The van der Waals surface area contributed by atoms with Crippen LogP contribution in [0.1, 0.15) is 32.3 Å². The summed E-state index contributed by atoms with van der Waals surface area (Å²) >= 11 is 0. The van der Waals surface area contributed by atoms with Crippen molar-refractivity contribution in [1.29, 1.82) is 5.26 Å². The molecule has 0 fully saturated rings. The quantitative estimate of drug-likeness (QED) is 0.813. The van der Waals surface area contributed by atoms with Crippen molar-refractivity contribution >= 4 is 12.0 Å². The minimum absolute atomic E-state index is 0.0748. The van der Waals surface area contributed by atoms with Gasteiger partial charge in [-0.15, -0.1) is 0 Å². The summed E-state index contributed by atoms with van der Waals surface area (Å²) < 4.78 is 5.15. The van der Waals surface area contributed by atoms with Gasteiger partial charge in [0, 0.05) is 6.54 Å². The summed E-state index contributed by atoms with van der Waals surface area (Å²) in [5.74, 6) is -0.897. The fourth-order valence-corrected chi connectivity index (χ4v) is 1.80. The van der Waals surface area contributed by atoms with Crippen molar-refractivity contribution in [3.8, 4) is 6.07 Å². The molecule has 2 N–H and O–H groups in total. The summed E-state index contributed by atoms with van der Waals surface area (Å²) in [6.45, 7) is 5.31. The Kier molecular flexibility index (Phi) is 6.39. The maximum Gasteiger partial charge on any atom is 0.407 e. The normalized spacial score (nSPS) is 11.9. The molecule has 0 aliphatic heterocycles. The van der Waals surface area contributed by atoms with Crippen LogP contribution in [-0.4, -0.2) is 30.7 Å². The third-order valence-corrected chi connectivity index (χ3v) is 2.71. The summed E-state index contributed by atoms with van der Waals surface area (Å²) in [6, 6.07) is 10.9. The molecule has 0 bridgehead atoms. The van der Waals surface area contributed by atoms with Gasteiger partial charge < -0.3 is 15.4 Å². The first-order valence-electron chi connectivity index (χ1n) is 7.00. The largest absolute Gasteiger partial charge is 0.444 e. The molecule has 1 aromatic carbocycles. The number of nitriles is 1. The molecule has 0 saturated heterocycles. The fraction of sp³-hybridized carbons (Fsp3) is 0.438. The second-order valence-electron chi connectivity index (χ2n) is 5.72. The topological polar surface area (TPSA) is 91.2 Å². The first-order chi connectivity index (χ1) is 10.3. The van der Waals surface area contributed by atoms with E-state index < -0.39 is 17.6 Å². The summed E-state index contributed by atoms with van der Waals surface area (Å²) in [7, 11) is 0. The maximum atomic E-state index is 12.1. The minimum atomic E-state index is -0.602. The highest BCUT2D eigenvalue weighted by molar-refractivity contribution is 5.84. The lowest BCUT2D eigenvalue weighted by molar-refractivity contribution is -0.122. The lowest BCUT2D eigenvalue weighted by atomic mass is 9.98. The SMILES string of the molecule is CC(C)(C)OC(=O)NCC(C(=O)NCC#N)c1ccccc1. The monoisotopic (exact) mass is 303 g/mol. The van der Waals surface area contributed by atoms with Crippen LogP contribution in [0.15, 0.2) is 30.3 Å². The third-order valence-electron chi connectivity index (χ3n) is 2.71. The predicted molar refractivity (Wildman–Crippen MR) is 82.0 cm³/mol. The van der Waals surface area contributed by atoms with Gasteiger partial charge in [-0.1, -0.05) is 30.3 Å². The third kappa shape index (κ3) is 6.27. The first kappa shape index (κ1) is 17.5. The van der Waals surface area contributed by atoms with Gasteiger partial charge in [-0.2, -0.15) is 5.26 Å². The number of carbonyl (C=O) groups is 2. The minimum Gasteiger partial charge on any atom is -0.444 e. The van der Waals surface area contributed by atoms with Crippen molar-refractivity contribution in [2.75, 3.05) is 13.1 Å². The number of hydrogen-bond donors (Lipinski definition) is 2. The lowest BCUT2D eigenvalue weighted by Gasteiger charge is -2.21. The Morgan fingerprint density at radius 2 is 1.86 bits per heavy atom. The van der Waals surface area contributed by atoms with E-state index in [9.17, 15) is 9.59 Å². The van der Waals surface area contributed by atoms with E-state index in [1.165, 1.54) is 0 Å². The smallest absolute Gasteiger partial charge is 0.407 e. The summed E-state index contributed by atoms with van der Waals surface area (Å²) in [4.78, 5) is 23.9.